The first-order chi connectivity index (χ1) is 7.24. The maximum Gasteiger partial charge on any atom is 1.00 e. The Morgan fingerprint density at radius 1 is 1.44 bits per heavy atom. The molecule has 1 aromatic carbocycles. The van der Waals surface area contributed by atoms with E-state index >= 15 is 0 Å². The van der Waals surface area contributed by atoms with Gasteiger partial charge in [0.15, 0.2) is 5.71 Å². The molecule has 0 unspecified atom stereocenters. The Kier molecular flexibility index (Phi) is 4.53. The van der Waals surface area contributed by atoms with Crippen LogP contribution in [0.15, 0.2) is 29.4 Å². The minimum atomic E-state index is -0.234. The molecule has 0 radical (unpaired) electrons. The Hall–Kier alpha value is -0.840. The van der Waals surface area contributed by atoms with Crippen molar-refractivity contribution in [1.82, 2.24) is 4.90 Å². The summed E-state index contributed by atoms with van der Waals surface area (Å²) in [6.07, 6.45) is 0.789. The first-order valence-corrected chi connectivity index (χ1v) is 4.80. The van der Waals surface area contributed by atoms with E-state index in [1.165, 1.54) is 0 Å². The van der Waals surface area contributed by atoms with Crippen LogP contribution in [0.3, 0.4) is 0 Å². The number of carbonyl (C=O) groups excluding carboxylic acids is 1. The standard InChI is InChI=1S/C11H12N2O2.Na.H/c1-13-7-6-8-4-2-3-5-9(8)10(12-15)11(13)14;;/h2-5,15H,6-7H2,1H3;;/q;+1;-1. The van der Waals surface area contributed by atoms with E-state index in [9.17, 15) is 4.79 Å². The Balaban J connectivity index is 0.00000128. The summed E-state index contributed by atoms with van der Waals surface area (Å²) in [5.41, 5.74) is 1.91. The Bertz CT molecular complexity index is 437. The van der Waals surface area contributed by atoms with Crippen LogP contribution < -0.4 is 29.6 Å². The van der Waals surface area contributed by atoms with Crippen LogP contribution in [0.5, 0.6) is 0 Å². The van der Waals surface area contributed by atoms with Crippen LogP contribution in [-0.4, -0.2) is 35.3 Å². The van der Waals surface area contributed by atoms with Gasteiger partial charge in [0.25, 0.3) is 5.91 Å². The number of likely N-dealkylation sites (N-methyl/N-ethyl adjacent to an activating group) is 1. The number of oxime groups is 1. The molecule has 16 heavy (non-hydrogen) atoms. The fourth-order valence-electron chi connectivity index (χ4n) is 1.75. The molecule has 0 aliphatic carbocycles. The van der Waals surface area contributed by atoms with Gasteiger partial charge in [0, 0.05) is 19.2 Å². The molecule has 0 fully saturated rings. The zero-order valence-electron chi connectivity index (χ0n) is 10.5. The largest absolute Gasteiger partial charge is 1.00 e. The van der Waals surface area contributed by atoms with Crippen molar-refractivity contribution >= 4 is 11.6 Å². The van der Waals surface area contributed by atoms with Gasteiger partial charge in [-0.15, -0.1) is 0 Å². The zero-order chi connectivity index (χ0) is 10.8. The number of carbonyl (C=O) groups is 1. The predicted molar refractivity (Wildman–Crippen MR) is 57.2 cm³/mol. The second-order valence-corrected chi connectivity index (χ2v) is 3.58. The summed E-state index contributed by atoms with van der Waals surface area (Å²) in [5, 5.41) is 12.0. The fourth-order valence-corrected chi connectivity index (χ4v) is 1.75. The number of nitrogens with zero attached hydrogens (tertiary/aromatic N) is 2. The van der Waals surface area contributed by atoms with Crippen LogP contribution in [0.25, 0.3) is 0 Å². The quantitative estimate of drug-likeness (QED) is 0.317. The maximum atomic E-state index is 11.8. The van der Waals surface area contributed by atoms with Crippen molar-refractivity contribution in [1.29, 1.82) is 0 Å². The molecule has 0 spiro atoms. The van der Waals surface area contributed by atoms with E-state index < -0.39 is 0 Å². The molecule has 1 aromatic rings. The number of benzene rings is 1. The molecule has 0 bridgehead atoms. The minimum absolute atomic E-state index is 0. The van der Waals surface area contributed by atoms with Crippen molar-refractivity contribution in [2.24, 2.45) is 5.16 Å². The summed E-state index contributed by atoms with van der Waals surface area (Å²) in [6.45, 7) is 0.648. The van der Waals surface area contributed by atoms with Gasteiger partial charge >= 0.3 is 29.6 Å². The smallest absolute Gasteiger partial charge is 1.00 e. The van der Waals surface area contributed by atoms with E-state index in [0.717, 1.165) is 17.5 Å². The predicted octanol–water partition coefficient (Wildman–Crippen LogP) is -2.00. The third kappa shape index (κ3) is 2.29. The Morgan fingerprint density at radius 3 is 2.81 bits per heavy atom. The molecular weight excluding hydrogens is 215 g/mol. The van der Waals surface area contributed by atoms with E-state index in [2.05, 4.69) is 5.16 Å². The van der Waals surface area contributed by atoms with Crippen molar-refractivity contribution in [3.05, 3.63) is 35.4 Å². The van der Waals surface area contributed by atoms with Crippen LogP contribution in [0.4, 0.5) is 0 Å². The second-order valence-electron chi connectivity index (χ2n) is 3.58. The normalized spacial score (nSPS) is 17.7. The third-order valence-corrected chi connectivity index (χ3v) is 2.64. The van der Waals surface area contributed by atoms with Gasteiger partial charge < -0.3 is 11.5 Å². The Morgan fingerprint density at radius 2 is 2.12 bits per heavy atom. The molecule has 0 saturated carbocycles. The average Bonchev–Trinajstić information content (AvgIpc) is 2.38. The molecule has 1 aliphatic rings. The van der Waals surface area contributed by atoms with Gasteiger partial charge in [0.1, 0.15) is 0 Å². The molecule has 2 rings (SSSR count). The maximum absolute atomic E-state index is 11.8. The van der Waals surface area contributed by atoms with E-state index in [1.54, 1.807) is 18.0 Å². The molecule has 0 aromatic heterocycles. The van der Waals surface area contributed by atoms with E-state index in [-0.39, 0.29) is 42.6 Å². The summed E-state index contributed by atoms with van der Waals surface area (Å²) < 4.78 is 0. The number of hydrogen-bond donors (Lipinski definition) is 1. The van der Waals surface area contributed by atoms with Gasteiger partial charge in [-0.3, -0.25) is 4.79 Å². The number of fused-ring (bicyclic) bond motifs is 1. The summed E-state index contributed by atoms with van der Waals surface area (Å²) in [6, 6.07) is 7.51. The monoisotopic (exact) mass is 228 g/mol. The average molecular weight is 228 g/mol. The van der Waals surface area contributed by atoms with Crippen molar-refractivity contribution in [2.45, 2.75) is 6.42 Å². The zero-order valence-corrected chi connectivity index (χ0v) is 11.5. The van der Waals surface area contributed by atoms with Gasteiger partial charge in [-0.1, -0.05) is 29.4 Å². The number of hydrogen-bond acceptors (Lipinski definition) is 3. The SMILES string of the molecule is CN1CCc2ccccc2C(=NO)C1=O.[H-].[Na+]. The molecule has 5 heteroatoms. The van der Waals surface area contributed by atoms with Crippen LogP contribution in [0.2, 0.25) is 0 Å². The molecule has 0 saturated heterocycles. The van der Waals surface area contributed by atoms with E-state index in [0.29, 0.717) is 6.54 Å². The van der Waals surface area contributed by atoms with Crippen LogP contribution in [0, 0.1) is 0 Å². The van der Waals surface area contributed by atoms with Gasteiger partial charge in [-0.05, 0) is 12.0 Å². The summed E-state index contributed by atoms with van der Waals surface area (Å²) in [7, 11) is 1.71. The van der Waals surface area contributed by atoms with Crippen LogP contribution in [-0.2, 0) is 11.2 Å². The van der Waals surface area contributed by atoms with Gasteiger partial charge in [0.05, 0.1) is 0 Å². The van der Waals surface area contributed by atoms with E-state index in [4.69, 9.17) is 5.21 Å². The van der Waals surface area contributed by atoms with Crippen LogP contribution in [0.1, 0.15) is 12.6 Å². The van der Waals surface area contributed by atoms with Crippen molar-refractivity contribution in [2.75, 3.05) is 13.6 Å². The molecular formula is C11H13N2NaO2. The summed E-state index contributed by atoms with van der Waals surface area (Å²) >= 11 is 0. The van der Waals surface area contributed by atoms with E-state index in [1.807, 2.05) is 18.2 Å². The number of amides is 1. The van der Waals surface area contributed by atoms with Gasteiger partial charge in [-0.2, -0.15) is 0 Å². The first kappa shape index (κ1) is 13.2. The Labute approximate surface area is 118 Å². The molecule has 4 nitrogen and oxygen atoms in total. The van der Waals surface area contributed by atoms with Crippen molar-refractivity contribution < 1.29 is 41.0 Å². The fraction of sp³-hybridized carbons (Fsp3) is 0.273. The van der Waals surface area contributed by atoms with Crippen molar-refractivity contribution in [3.63, 3.8) is 0 Å². The minimum Gasteiger partial charge on any atom is -1.00 e. The molecule has 1 amide bonds. The molecule has 80 valence electrons. The number of rotatable bonds is 0. The van der Waals surface area contributed by atoms with Crippen LogP contribution >= 0.6 is 0 Å². The van der Waals surface area contributed by atoms with Gasteiger partial charge in [-0.25, -0.2) is 0 Å². The topological polar surface area (TPSA) is 52.9 Å². The van der Waals surface area contributed by atoms with Gasteiger partial charge in [0.2, 0.25) is 0 Å². The molecule has 1 N–H and O–H groups in total. The molecule has 1 aliphatic heterocycles. The molecule has 0 atom stereocenters. The first-order valence-electron chi connectivity index (χ1n) is 4.80. The van der Waals surface area contributed by atoms with Crippen molar-refractivity contribution in [3.8, 4) is 0 Å². The summed E-state index contributed by atoms with van der Waals surface area (Å²) in [5.74, 6) is -0.234. The molecule has 1 heterocycles. The summed E-state index contributed by atoms with van der Waals surface area (Å²) in [4.78, 5) is 13.3. The third-order valence-electron chi connectivity index (χ3n) is 2.64. The second kappa shape index (κ2) is 5.48.